The van der Waals surface area contributed by atoms with Crippen molar-refractivity contribution in [1.29, 1.82) is 0 Å². The van der Waals surface area contributed by atoms with Gasteiger partial charge in [-0.3, -0.25) is 4.68 Å². The zero-order valence-electron chi connectivity index (χ0n) is 15.2. The van der Waals surface area contributed by atoms with Crippen LogP contribution < -0.4 is 10.1 Å². The maximum Gasteiger partial charge on any atom is 0.156 e. The van der Waals surface area contributed by atoms with E-state index >= 15 is 0 Å². The summed E-state index contributed by atoms with van der Waals surface area (Å²) in [7, 11) is 2.02. The van der Waals surface area contributed by atoms with Crippen molar-refractivity contribution in [3.05, 3.63) is 58.7 Å². The number of fused-ring (bicyclic) bond motifs is 3. The van der Waals surface area contributed by atoms with Crippen molar-refractivity contribution < 1.29 is 4.74 Å². The molecule has 0 saturated carbocycles. The number of nitrogens with one attached hydrogen (secondary N) is 1. The van der Waals surface area contributed by atoms with Crippen LogP contribution in [0.4, 0.5) is 11.5 Å². The van der Waals surface area contributed by atoms with E-state index in [1.165, 1.54) is 33.5 Å². The molecule has 0 atom stereocenters. The maximum atomic E-state index is 5.59. The van der Waals surface area contributed by atoms with Gasteiger partial charge in [0.25, 0.3) is 0 Å². The summed E-state index contributed by atoms with van der Waals surface area (Å²) < 4.78 is 7.58. The second-order valence-electron chi connectivity index (χ2n) is 6.66. The molecule has 4 heteroatoms. The Labute approximate surface area is 148 Å². The first-order chi connectivity index (χ1) is 12.1. The van der Waals surface area contributed by atoms with Crippen LogP contribution >= 0.6 is 0 Å². The average Bonchev–Trinajstić information content (AvgIpc) is 3.07. The molecule has 0 amide bonds. The minimum atomic E-state index is 0.663. The van der Waals surface area contributed by atoms with Crippen LogP contribution in [0.5, 0.6) is 5.75 Å². The first-order valence-electron chi connectivity index (χ1n) is 8.73. The van der Waals surface area contributed by atoms with Crippen molar-refractivity contribution in [2.24, 2.45) is 7.05 Å². The third-order valence-corrected chi connectivity index (χ3v) is 4.89. The first-order valence-corrected chi connectivity index (χ1v) is 8.73. The topological polar surface area (TPSA) is 39.1 Å². The number of rotatable bonds is 4. The van der Waals surface area contributed by atoms with E-state index in [1.807, 2.05) is 42.9 Å². The highest BCUT2D eigenvalue weighted by molar-refractivity contribution is 5.81. The van der Waals surface area contributed by atoms with E-state index < -0.39 is 0 Å². The molecular formula is C21H23N3O. The van der Waals surface area contributed by atoms with Gasteiger partial charge in [0.15, 0.2) is 5.82 Å². The van der Waals surface area contributed by atoms with E-state index in [0.29, 0.717) is 6.61 Å². The third kappa shape index (κ3) is 2.68. The first kappa shape index (κ1) is 15.8. The Bertz CT molecular complexity index is 956. The summed E-state index contributed by atoms with van der Waals surface area (Å²) >= 11 is 0. The molecule has 0 saturated heterocycles. The highest BCUT2D eigenvalue weighted by Gasteiger charge is 2.27. The van der Waals surface area contributed by atoms with Crippen LogP contribution in [0.3, 0.4) is 0 Å². The van der Waals surface area contributed by atoms with Gasteiger partial charge in [-0.1, -0.05) is 12.1 Å². The quantitative estimate of drug-likeness (QED) is 0.586. The molecule has 1 N–H and O–H groups in total. The number of anilines is 2. The van der Waals surface area contributed by atoms with Gasteiger partial charge in [-0.2, -0.15) is 5.10 Å². The summed E-state index contributed by atoms with van der Waals surface area (Å²) in [6.07, 6.45) is 0.924. The minimum absolute atomic E-state index is 0.663. The summed E-state index contributed by atoms with van der Waals surface area (Å²) in [6.45, 7) is 7.00. The molecule has 128 valence electrons. The van der Waals surface area contributed by atoms with Crippen molar-refractivity contribution >= 4 is 11.5 Å². The molecule has 0 radical (unpaired) electrons. The summed E-state index contributed by atoms with van der Waals surface area (Å²) in [6, 6.07) is 12.6. The van der Waals surface area contributed by atoms with Crippen LogP contribution in [0.25, 0.3) is 11.3 Å². The summed E-state index contributed by atoms with van der Waals surface area (Å²) in [5.41, 5.74) is 8.85. The predicted octanol–water partition coefficient (Wildman–Crippen LogP) is 4.75. The molecule has 0 aliphatic heterocycles. The van der Waals surface area contributed by atoms with Gasteiger partial charge in [-0.15, -0.1) is 0 Å². The molecule has 1 heterocycles. The van der Waals surface area contributed by atoms with E-state index in [2.05, 4.69) is 31.3 Å². The van der Waals surface area contributed by atoms with E-state index in [9.17, 15) is 0 Å². The van der Waals surface area contributed by atoms with Gasteiger partial charge >= 0.3 is 0 Å². The van der Waals surface area contributed by atoms with Crippen LogP contribution in [-0.2, 0) is 13.5 Å². The monoisotopic (exact) mass is 333 g/mol. The standard InChI is InChI=1S/C21H23N3O/c1-5-25-17-8-6-7-16(12-17)22-21-19-11-15-9-13(2)14(3)10-18(15)20(19)24(4)23-21/h6-10,12H,5,11H2,1-4H3,(H,22,23). The van der Waals surface area contributed by atoms with Crippen LogP contribution in [0, 0.1) is 13.8 Å². The van der Waals surface area contributed by atoms with Crippen LogP contribution in [0.15, 0.2) is 36.4 Å². The molecule has 3 aromatic rings. The Balaban J connectivity index is 1.71. The summed E-state index contributed by atoms with van der Waals surface area (Å²) in [5.74, 6) is 1.80. The lowest BCUT2D eigenvalue weighted by molar-refractivity contribution is 0.340. The highest BCUT2D eigenvalue weighted by atomic mass is 16.5. The second-order valence-corrected chi connectivity index (χ2v) is 6.66. The van der Waals surface area contributed by atoms with Crippen LogP contribution in [0.2, 0.25) is 0 Å². The number of benzene rings is 2. The fraction of sp³-hybridized carbons (Fsp3) is 0.286. The second kappa shape index (κ2) is 5.96. The zero-order chi connectivity index (χ0) is 17.6. The van der Waals surface area contributed by atoms with Crippen LogP contribution in [0.1, 0.15) is 29.2 Å². The Hall–Kier alpha value is -2.75. The Morgan fingerprint density at radius 3 is 2.76 bits per heavy atom. The lowest BCUT2D eigenvalue weighted by Crippen LogP contribution is -1.99. The number of nitrogens with zero attached hydrogens (tertiary/aromatic N) is 2. The molecule has 4 rings (SSSR count). The molecule has 2 aromatic carbocycles. The van der Waals surface area contributed by atoms with Crippen molar-refractivity contribution in [2.45, 2.75) is 27.2 Å². The van der Waals surface area contributed by atoms with Crippen LogP contribution in [-0.4, -0.2) is 16.4 Å². The van der Waals surface area contributed by atoms with E-state index in [0.717, 1.165) is 23.7 Å². The fourth-order valence-corrected chi connectivity index (χ4v) is 3.57. The molecular weight excluding hydrogens is 310 g/mol. The van der Waals surface area contributed by atoms with Gasteiger partial charge in [0, 0.05) is 36.3 Å². The molecule has 1 aromatic heterocycles. The van der Waals surface area contributed by atoms with Crippen molar-refractivity contribution in [1.82, 2.24) is 9.78 Å². The number of aromatic nitrogens is 2. The summed E-state index contributed by atoms with van der Waals surface area (Å²) in [4.78, 5) is 0. The van der Waals surface area contributed by atoms with Crippen molar-refractivity contribution in [3.63, 3.8) is 0 Å². The van der Waals surface area contributed by atoms with Crippen molar-refractivity contribution in [2.75, 3.05) is 11.9 Å². The third-order valence-electron chi connectivity index (χ3n) is 4.89. The summed E-state index contributed by atoms with van der Waals surface area (Å²) in [5, 5.41) is 8.19. The van der Waals surface area contributed by atoms with Gasteiger partial charge in [0.2, 0.25) is 0 Å². The molecule has 0 unspecified atom stereocenters. The largest absolute Gasteiger partial charge is 0.494 e. The lowest BCUT2D eigenvalue weighted by Gasteiger charge is -2.08. The average molecular weight is 333 g/mol. The lowest BCUT2D eigenvalue weighted by atomic mass is 10.0. The van der Waals surface area contributed by atoms with Gasteiger partial charge < -0.3 is 10.1 Å². The minimum Gasteiger partial charge on any atom is -0.494 e. The number of ether oxygens (including phenoxy) is 1. The van der Waals surface area contributed by atoms with E-state index in [-0.39, 0.29) is 0 Å². The Morgan fingerprint density at radius 1 is 1.16 bits per heavy atom. The zero-order valence-corrected chi connectivity index (χ0v) is 15.2. The van der Waals surface area contributed by atoms with Gasteiger partial charge in [0.05, 0.1) is 12.3 Å². The van der Waals surface area contributed by atoms with Gasteiger partial charge in [0.1, 0.15) is 5.75 Å². The number of hydrogen-bond donors (Lipinski definition) is 1. The molecule has 4 nitrogen and oxygen atoms in total. The number of hydrogen-bond acceptors (Lipinski definition) is 3. The van der Waals surface area contributed by atoms with E-state index in [4.69, 9.17) is 9.84 Å². The van der Waals surface area contributed by atoms with Gasteiger partial charge in [-0.05, 0) is 55.7 Å². The Morgan fingerprint density at radius 2 is 1.96 bits per heavy atom. The Kier molecular flexibility index (Phi) is 3.75. The predicted molar refractivity (Wildman–Crippen MR) is 102 cm³/mol. The van der Waals surface area contributed by atoms with E-state index in [1.54, 1.807) is 0 Å². The van der Waals surface area contributed by atoms with Gasteiger partial charge in [-0.25, -0.2) is 0 Å². The maximum absolute atomic E-state index is 5.59. The smallest absolute Gasteiger partial charge is 0.156 e. The molecule has 0 spiro atoms. The number of aryl methyl sites for hydroxylation is 3. The normalized spacial score (nSPS) is 12.0. The molecule has 25 heavy (non-hydrogen) atoms. The highest BCUT2D eigenvalue weighted by Crippen LogP contribution is 2.41. The fourth-order valence-electron chi connectivity index (χ4n) is 3.57. The molecule has 0 bridgehead atoms. The SMILES string of the molecule is CCOc1cccc(Nc2nn(C)c3c2Cc2cc(C)c(C)cc2-3)c1. The van der Waals surface area contributed by atoms with Crippen molar-refractivity contribution in [3.8, 4) is 17.0 Å². The molecule has 0 fully saturated rings. The molecule has 1 aliphatic rings. The molecule has 1 aliphatic carbocycles.